The van der Waals surface area contributed by atoms with E-state index in [9.17, 15) is 17.6 Å². The Kier molecular flexibility index (Phi) is 5.33. The number of carbonyl (C=O) groups excluding carboxylic acids is 1. The van der Waals surface area contributed by atoms with Crippen molar-refractivity contribution in [3.05, 3.63) is 59.9 Å². The van der Waals surface area contributed by atoms with Crippen LogP contribution in [0.2, 0.25) is 0 Å². The fraction of sp³-hybridized carbons (Fsp3) is 0.188. The van der Waals surface area contributed by atoms with Gasteiger partial charge < -0.3 is 5.32 Å². The SMILES string of the molecule is CCCNC(=O)c1ccccc1NS(=O)(=O)c1ccccc1F. The molecule has 0 atom stereocenters. The summed E-state index contributed by atoms with van der Waals surface area (Å²) in [7, 11) is -4.13. The van der Waals surface area contributed by atoms with Crippen LogP contribution >= 0.6 is 0 Å². The van der Waals surface area contributed by atoms with Gasteiger partial charge in [0.25, 0.3) is 15.9 Å². The molecular weight excluding hydrogens is 319 g/mol. The van der Waals surface area contributed by atoms with Gasteiger partial charge in [-0.05, 0) is 30.7 Å². The van der Waals surface area contributed by atoms with Gasteiger partial charge in [-0.2, -0.15) is 0 Å². The number of halogens is 1. The highest BCUT2D eigenvalue weighted by molar-refractivity contribution is 7.92. The lowest BCUT2D eigenvalue weighted by atomic mass is 10.1. The average molecular weight is 336 g/mol. The molecular formula is C16H17FN2O3S. The first-order chi connectivity index (χ1) is 11.0. The lowest BCUT2D eigenvalue weighted by Gasteiger charge is -2.13. The van der Waals surface area contributed by atoms with Gasteiger partial charge in [0.05, 0.1) is 11.3 Å². The molecule has 2 rings (SSSR count). The van der Waals surface area contributed by atoms with Gasteiger partial charge in [0.1, 0.15) is 10.7 Å². The Balaban J connectivity index is 2.34. The molecule has 0 spiro atoms. The predicted octanol–water partition coefficient (Wildman–Crippen LogP) is 2.77. The summed E-state index contributed by atoms with van der Waals surface area (Å²) < 4.78 is 40.6. The first kappa shape index (κ1) is 17.0. The third-order valence-electron chi connectivity index (χ3n) is 3.08. The quantitative estimate of drug-likeness (QED) is 0.852. The minimum absolute atomic E-state index is 0.101. The van der Waals surface area contributed by atoms with E-state index in [2.05, 4.69) is 10.0 Å². The highest BCUT2D eigenvalue weighted by Crippen LogP contribution is 2.21. The van der Waals surface area contributed by atoms with E-state index in [0.717, 1.165) is 18.6 Å². The maximum Gasteiger partial charge on any atom is 0.264 e. The lowest BCUT2D eigenvalue weighted by Crippen LogP contribution is -2.26. The average Bonchev–Trinajstić information content (AvgIpc) is 2.53. The number of nitrogens with one attached hydrogen (secondary N) is 2. The number of hydrogen-bond donors (Lipinski definition) is 2. The topological polar surface area (TPSA) is 75.3 Å². The van der Waals surface area contributed by atoms with Gasteiger partial charge >= 0.3 is 0 Å². The number of amides is 1. The molecule has 0 saturated heterocycles. The second kappa shape index (κ2) is 7.23. The minimum Gasteiger partial charge on any atom is -0.352 e. The van der Waals surface area contributed by atoms with Crippen LogP contribution in [0.4, 0.5) is 10.1 Å². The van der Waals surface area contributed by atoms with E-state index >= 15 is 0 Å². The molecule has 0 radical (unpaired) electrons. The number of rotatable bonds is 6. The Morgan fingerprint density at radius 2 is 1.74 bits per heavy atom. The Hall–Kier alpha value is -2.41. The molecule has 0 heterocycles. The smallest absolute Gasteiger partial charge is 0.264 e. The zero-order chi connectivity index (χ0) is 16.9. The van der Waals surface area contributed by atoms with Crippen molar-refractivity contribution >= 4 is 21.6 Å². The van der Waals surface area contributed by atoms with Crippen LogP contribution in [0.15, 0.2) is 53.4 Å². The molecule has 0 unspecified atom stereocenters. The van der Waals surface area contributed by atoms with Crippen LogP contribution in [-0.2, 0) is 10.0 Å². The molecule has 0 saturated carbocycles. The zero-order valence-corrected chi connectivity index (χ0v) is 13.4. The number of carbonyl (C=O) groups is 1. The summed E-state index contributed by atoms with van der Waals surface area (Å²) >= 11 is 0. The van der Waals surface area contributed by atoms with E-state index in [1.807, 2.05) is 6.92 Å². The molecule has 0 aromatic heterocycles. The second-order valence-electron chi connectivity index (χ2n) is 4.84. The fourth-order valence-corrected chi connectivity index (χ4v) is 3.13. The van der Waals surface area contributed by atoms with Crippen molar-refractivity contribution in [1.29, 1.82) is 0 Å². The van der Waals surface area contributed by atoms with Crippen molar-refractivity contribution in [1.82, 2.24) is 5.32 Å². The van der Waals surface area contributed by atoms with Crippen LogP contribution in [0.3, 0.4) is 0 Å². The van der Waals surface area contributed by atoms with Gasteiger partial charge in [0.2, 0.25) is 0 Å². The van der Waals surface area contributed by atoms with Crippen molar-refractivity contribution in [3.8, 4) is 0 Å². The first-order valence-corrected chi connectivity index (χ1v) is 8.58. The van der Waals surface area contributed by atoms with E-state index in [-0.39, 0.29) is 11.3 Å². The molecule has 2 aromatic rings. The maximum absolute atomic E-state index is 13.7. The van der Waals surface area contributed by atoms with Crippen molar-refractivity contribution in [3.63, 3.8) is 0 Å². The predicted molar refractivity (Wildman–Crippen MR) is 86.3 cm³/mol. The number of sulfonamides is 1. The standard InChI is InChI=1S/C16H17FN2O3S/c1-2-11-18-16(20)12-7-3-5-9-14(12)19-23(21,22)15-10-6-4-8-13(15)17/h3-10,19H,2,11H2,1H3,(H,18,20). The van der Waals surface area contributed by atoms with Crippen LogP contribution in [0.25, 0.3) is 0 Å². The third-order valence-corrected chi connectivity index (χ3v) is 4.48. The minimum atomic E-state index is -4.13. The van der Waals surface area contributed by atoms with Gasteiger partial charge in [0.15, 0.2) is 0 Å². The molecule has 0 aliphatic carbocycles. The van der Waals surface area contributed by atoms with Crippen molar-refractivity contribution in [2.24, 2.45) is 0 Å². The van der Waals surface area contributed by atoms with E-state index in [0.29, 0.717) is 6.54 Å². The molecule has 2 aromatic carbocycles. The van der Waals surface area contributed by atoms with Gasteiger partial charge in [-0.3, -0.25) is 9.52 Å². The zero-order valence-electron chi connectivity index (χ0n) is 12.5. The summed E-state index contributed by atoms with van der Waals surface area (Å²) in [4.78, 5) is 11.6. The van der Waals surface area contributed by atoms with Crippen molar-refractivity contribution in [2.75, 3.05) is 11.3 Å². The maximum atomic E-state index is 13.7. The number of benzene rings is 2. The van der Waals surface area contributed by atoms with Crippen LogP contribution in [0, 0.1) is 5.82 Å². The molecule has 0 aliphatic heterocycles. The Labute approximate surface area is 134 Å². The van der Waals surface area contributed by atoms with Crippen molar-refractivity contribution in [2.45, 2.75) is 18.2 Å². The highest BCUT2D eigenvalue weighted by atomic mass is 32.2. The van der Waals surface area contributed by atoms with Gasteiger partial charge in [-0.15, -0.1) is 0 Å². The van der Waals surface area contributed by atoms with Crippen molar-refractivity contribution < 1.29 is 17.6 Å². The van der Waals surface area contributed by atoms with Crippen LogP contribution in [-0.4, -0.2) is 20.9 Å². The molecule has 2 N–H and O–H groups in total. The van der Waals surface area contributed by atoms with Crippen LogP contribution in [0.1, 0.15) is 23.7 Å². The molecule has 0 aliphatic rings. The molecule has 23 heavy (non-hydrogen) atoms. The number of anilines is 1. The Bertz CT molecular complexity index is 806. The first-order valence-electron chi connectivity index (χ1n) is 7.10. The summed E-state index contributed by atoms with van der Waals surface area (Å²) in [6.45, 7) is 2.39. The molecule has 122 valence electrons. The monoisotopic (exact) mass is 336 g/mol. The number of hydrogen-bond acceptors (Lipinski definition) is 3. The Morgan fingerprint density at radius 1 is 1.09 bits per heavy atom. The fourth-order valence-electron chi connectivity index (χ4n) is 1.97. The molecule has 0 fully saturated rings. The lowest BCUT2D eigenvalue weighted by molar-refractivity contribution is 0.0954. The molecule has 0 bridgehead atoms. The van der Waals surface area contributed by atoms with E-state index < -0.39 is 26.6 Å². The van der Waals surface area contributed by atoms with Crippen LogP contribution < -0.4 is 10.0 Å². The summed E-state index contributed by atoms with van der Waals surface area (Å²) in [6, 6.07) is 11.2. The van der Waals surface area contributed by atoms with E-state index in [4.69, 9.17) is 0 Å². The second-order valence-corrected chi connectivity index (χ2v) is 6.49. The van der Waals surface area contributed by atoms with E-state index in [1.54, 1.807) is 12.1 Å². The molecule has 1 amide bonds. The Morgan fingerprint density at radius 3 is 2.43 bits per heavy atom. The van der Waals surface area contributed by atoms with E-state index in [1.165, 1.54) is 24.3 Å². The van der Waals surface area contributed by atoms with Gasteiger partial charge in [0, 0.05) is 6.54 Å². The van der Waals surface area contributed by atoms with Gasteiger partial charge in [-0.25, -0.2) is 12.8 Å². The molecule has 7 heteroatoms. The highest BCUT2D eigenvalue weighted by Gasteiger charge is 2.21. The largest absolute Gasteiger partial charge is 0.352 e. The summed E-state index contributed by atoms with van der Waals surface area (Å²) in [5.41, 5.74) is 0.283. The normalized spacial score (nSPS) is 11.0. The third kappa shape index (κ3) is 4.07. The summed E-state index contributed by atoms with van der Waals surface area (Å²) in [6.07, 6.45) is 0.759. The molecule has 5 nitrogen and oxygen atoms in total. The summed E-state index contributed by atoms with van der Waals surface area (Å²) in [5.74, 6) is -1.24. The number of para-hydroxylation sites is 1. The van der Waals surface area contributed by atoms with Crippen LogP contribution in [0.5, 0.6) is 0 Å². The van der Waals surface area contributed by atoms with Gasteiger partial charge in [-0.1, -0.05) is 31.2 Å². The summed E-state index contributed by atoms with van der Waals surface area (Å²) in [5, 5.41) is 2.68.